The number of halogens is 24. The largest absolute Gasteiger partial charge is 0.416 e. The Kier molecular flexibility index (Phi) is 16.3. The molecular formula is C74H34F24N4. The number of benzene rings is 10. The molecule has 3 heterocycles. The average Bonchev–Trinajstić information content (AvgIpc) is 1.56. The van der Waals surface area contributed by atoms with Gasteiger partial charge in [-0.2, -0.15) is 111 Å². The van der Waals surface area contributed by atoms with Gasteiger partial charge in [-0.15, -0.1) is 0 Å². The molecule has 4 nitrogen and oxygen atoms in total. The SMILES string of the molecule is N#Cc1cc(-n2c3ccc(-c4cc(C(F)(F)F)cc(C(F)(F)F)c4)cc3c3cc(-c4cc(C(F)(F)F)cc(C(F)(F)F)c4)ccc32)c(-c2cccc(-c3ccccc3)n2)c(-n2c3ccc(-c4cc(C(F)(F)F)cc(C(F)(F)F)c4)cc3c3cc(-c4cc(C(F)(F)F)cc(C(F)(F)F)c4)ccc32)c1. The van der Waals surface area contributed by atoms with Crippen molar-refractivity contribution < 1.29 is 105 Å². The number of rotatable bonds is 8. The summed E-state index contributed by atoms with van der Waals surface area (Å²) in [5, 5.41) is 10.5. The first-order valence-corrected chi connectivity index (χ1v) is 29.5. The van der Waals surface area contributed by atoms with E-state index in [1.54, 1.807) is 36.4 Å². The maximum absolute atomic E-state index is 14.5. The first kappa shape index (κ1) is 69.2. The summed E-state index contributed by atoms with van der Waals surface area (Å²) in [6.07, 6.45) is -43.1. The molecule has 0 bridgehead atoms. The van der Waals surface area contributed by atoms with E-state index in [0.29, 0.717) is 54.1 Å². The van der Waals surface area contributed by atoms with E-state index in [1.807, 2.05) is 6.07 Å². The van der Waals surface area contributed by atoms with E-state index in [9.17, 15) is 111 Å². The molecule has 102 heavy (non-hydrogen) atoms. The maximum Gasteiger partial charge on any atom is 0.416 e. The van der Waals surface area contributed by atoms with Crippen molar-refractivity contribution in [2.75, 3.05) is 0 Å². The lowest BCUT2D eigenvalue weighted by molar-refractivity contribution is -0.144. The van der Waals surface area contributed by atoms with Crippen molar-refractivity contribution in [3.05, 3.63) is 256 Å². The Balaban J connectivity index is 1.17. The molecule has 0 spiro atoms. The first-order chi connectivity index (χ1) is 47.5. The Morgan fingerprint density at radius 2 is 0.500 bits per heavy atom. The molecule has 10 aromatic carbocycles. The number of alkyl halides is 24. The van der Waals surface area contributed by atoms with Gasteiger partial charge >= 0.3 is 49.4 Å². The fourth-order valence-electron chi connectivity index (χ4n) is 12.4. The number of aromatic nitrogens is 3. The van der Waals surface area contributed by atoms with Gasteiger partial charge in [0.05, 0.1) is 101 Å². The van der Waals surface area contributed by atoms with Crippen LogP contribution >= 0.6 is 0 Å². The smallest absolute Gasteiger partial charge is 0.308 e. The number of pyridine rings is 1. The molecule has 28 heteroatoms. The maximum atomic E-state index is 14.5. The van der Waals surface area contributed by atoms with E-state index >= 15 is 0 Å². The normalized spacial score (nSPS) is 13.1. The average molecular weight is 1440 g/mol. The second-order valence-electron chi connectivity index (χ2n) is 23.6. The zero-order valence-corrected chi connectivity index (χ0v) is 50.5. The number of nitrogens with zero attached hydrogens (tertiary/aromatic N) is 4. The van der Waals surface area contributed by atoms with Gasteiger partial charge in [-0.25, -0.2) is 4.98 Å². The van der Waals surface area contributed by atoms with E-state index in [2.05, 4.69) is 0 Å². The molecule has 0 amide bonds. The second-order valence-corrected chi connectivity index (χ2v) is 23.6. The minimum atomic E-state index is -5.38. The summed E-state index contributed by atoms with van der Waals surface area (Å²) in [4.78, 5) is 5.02. The van der Waals surface area contributed by atoms with Crippen molar-refractivity contribution in [1.82, 2.24) is 14.1 Å². The van der Waals surface area contributed by atoms with Gasteiger partial charge in [-0.3, -0.25) is 0 Å². The molecule has 0 unspecified atom stereocenters. The summed E-state index contributed by atoms with van der Waals surface area (Å²) in [6, 6.07) is 33.3. The Hall–Kier alpha value is -11.2. The Labute approximate surface area is 556 Å². The fraction of sp³-hybridized carbons (Fsp3) is 0.108. The molecule has 0 saturated carbocycles. The molecule has 0 radical (unpaired) electrons. The van der Waals surface area contributed by atoms with Gasteiger partial charge in [0, 0.05) is 32.7 Å². The lowest BCUT2D eigenvalue weighted by atomic mass is 9.96. The van der Waals surface area contributed by atoms with E-state index in [4.69, 9.17) is 4.98 Å². The van der Waals surface area contributed by atoms with E-state index in [1.165, 1.54) is 57.7 Å². The van der Waals surface area contributed by atoms with Crippen LogP contribution in [0.5, 0.6) is 0 Å². The van der Waals surface area contributed by atoms with Crippen LogP contribution in [0.2, 0.25) is 0 Å². The number of fused-ring (bicyclic) bond motifs is 6. The van der Waals surface area contributed by atoms with Crippen LogP contribution in [-0.2, 0) is 49.4 Å². The van der Waals surface area contributed by atoms with Crippen molar-refractivity contribution in [3.8, 4) is 84.5 Å². The van der Waals surface area contributed by atoms with Gasteiger partial charge in [0.25, 0.3) is 0 Å². The van der Waals surface area contributed by atoms with Crippen molar-refractivity contribution in [3.63, 3.8) is 0 Å². The Morgan fingerprint density at radius 1 is 0.245 bits per heavy atom. The fourth-order valence-corrected chi connectivity index (χ4v) is 12.4. The van der Waals surface area contributed by atoms with Crippen LogP contribution in [0.3, 0.4) is 0 Å². The Bertz CT molecular complexity index is 4900. The van der Waals surface area contributed by atoms with Crippen LogP contribution < -0.4 is 0 Å². The van der Waals surface area contributed by atoms with Crippen molar-refractivity contribution in [2.45, 2.75) is 49.4 Å². The zero-order valence-electron chi connectivity index (χ0n) is 50.5. The second kappa shape index (κ2) is 24.0. The monoisotopic (exact) mass is 1430 g/mol. The van der Waals surface area contributed by atoms with Crippen molar-refractivity contribution >= 4 is 43.6 Å². The molecule has 0 aliphatic heterocycles. The highest BCUT2D eigenvalue weighted by atomic mass is 19.4. The van der Waals surface area contributed by atoms with Crippen LogP contribution in [0.15, 0.2) is 206 Å². The predicted octanol–water partition coefficient (Wildman–Crippen LogP) is 25.3. The number of nitriles is 1. The van der Waals surface area contributed by atoms with E-state index in [0.717, 1.165) is 48.5 Å². The third-order valence-corrected chi connectivity index (χ3v) is 17.0. The van der Waals surface area contributed by atoms with Gasteiger partial charge in [0.1, 0.15) is 0 Å². The lowest BCUT2D eigenvalue weighted by Crippen LogP contribution is -2.11. The van der Waals surface area contributed by atoms with Gasteiger partial charge in [0.2, 0.25) is 0 Å². The highest BCUT2D eigenvalue weighted by Gasteiger charge is 2.42. The molecule has 13 aromatic rings. The Morgan fingerprint density at radius 3 is 0.745 bits per heavy atom. The molecular weight excluding hydrogens is 1400 g/mol. The quantitative estimate of drug-likeness (QED) is 0.142. The predicted molar refractivity (Wildman–Crippen MR) is 330 cm³/mol. The minimum absolute atomic E-state index is 0.0584. The molecule has 0 fully saturated rings. The minimum Gasteiger partial charge on any atom is -0.308 e. The van der Waals surface area contributed by atoms with E-state index in [-0.39, 0.29) is 124 Å². The highest BCUT2D eigenvalue weighted by molar-refractivity contribution is 6.14. The van der Waals surface area contributed by atoms with Crippen LogP contribution in [-0.4, -0.2) is 14.1 Å². The topological polar surface area (TPSA) is 46.5 Å². The standard InChI is InChI=1S/C74H34F24N4/c75-67(76,77)46-19-42(20-47(31-46)68(78,79)80)38-9-13-60-54(27-38)55-28-39(43-21-48(69(81,82)83)32-49(22-43)70(84,85)86)10-14-61(55)101(60)64-17-36(35-99)18-65(66(64)59-8-4-7-58(100-59)37-5-2-1-3-6-37)102-62-15-11-40(44-23-50(71(87,88)89)33-51(24-44)72(90,91)92)29-56(62)57-30-41(12-16-63(57)102)45-25-52(73(93,94)95)34-53(26-45)74(96,97)98/h1-34H. The van der Waals surface area contributed by atoms with Crippen LogP contribution in [0, 0.1) is 11.3 Å². The lowest BCUT2D eigenvalue weighted by Gasteiger charge is -2.21. The molecule has 0 atom stereocenters. The van der Waals surface area contributed by atoms with Crippen molar-refractivity contribution in [2.24, 2.45) is 0 Å². The number of hydrogen-bond acceptors (Lipinski definition) is 2. The van der Waals surface area contributed by atoms with Gasteiger partial charge in [0.15, 0.2) is 0 Å². The molecule has 0 aliphatic carbocycles. The first-order valence-electron chi connectivity index (χ1n) is 29.5. The highest BCUT2D eigenvalue weighted by Crippen LogP contribution is 2.50. The molecule has 3 aromatic heterocycles. The van der Waals surface area contributed by atoms with Crippen molar-refractivity contribution in [1.29, 1.82) is 5.26 Å². The molecule has 0 saturated heterocycles. The van der Waals surface area contributed by atoms with Crippen LogP contribution in [0.25, 0.3) is 122 Å². The summed E-state index contributed by atoms with van der Waals surface area (Å²) in [7, 11) is 0. The third kappa shape index (κ3) is 13.1. The van der Waals surface area contributed by atoms with Gasteiger partial charge < -0.3 is 9.13 Å². The molecule has 13 rings (SSSR count). The van der Waals surface area contributed by atoms with Gasteiger partial charge in [-0.1, -0.05) is 60.7 Å². The summed E-state index contributed by atoms with van der Waals surface area (Å²) >= 11 is 0. The zero-order chi connectivity index (χ0) is 73.5. The number of hydrogen-bond donors (Lipinski definition) is 0. The molecule has 0 N–H and O–H groups in total. The summed E-state index contributed by atoms with van der Waals surface area (Å²) in [5.41, 5.74) is -18.8. The van der Waals surface area contributed by atoms with Gasteiger partial charge in [-0.05, 0) is 190 Å². The summed E-state index contributed by atoms with van der Waals surface area (Å²) < 4.78 is 350. The van der Waals surface area contributed by atoms with Crippen LogP contribution in [0.4, 0.5) is 105 Å². The van der Waals surface area contributed by atoms with Crippen LogP contribution in [0.1, 0.15) is 50.1 Å². The van der Waals surface area contributed by atoms with E-state index < -0.39 is 116 Å². The molecule has 0 aliphatic rings. The summed E-state index contributed by atoms with van der Waals surface area (Å²) in [5.74, 6) is 0. The molecule has 518 valence electrons. The third-order valence-electron chi connectivity index (χ3n) is 17.0. The summed E-state index contributed by atoms with van der Waals surface area (Å²) in [6.45, 7) is 0.